The molecular weight excluding hydrogens is 214 g/mol. The molecule has 1 N–H and O–H groups in total. The number of aromatic nitrogens is 2. The molecule has 0 saturated heterocycles. The lowest BCUT2D eigenvalue weighted by Gasteiger charge is -2.04. The predicted octanol–water partition coefficient (Wildman–Crippen LogP) is 1.72. The maximum absolute atomic E-state index is 11.7. The smallest absolute Gasteiger partial charge is 0.251 e. The summed E-state index contributed by atoms with van der Waals surface area (Å²) >= 11 is 0. The summed E-state index contributed by atoms with van der Waals surface area (Å²) in [7, 11) is 0. The Bertz CT molecular complexity index is 511. The van der Waals surface area contributed by atoms with Crippen LogP contribution in [0.4, 0.5) is 0 Å². The first-order chi connectivity index (χ1) is 8.25. The van der Waals surface area contributed by atoms with Gasteiger partial charge in [-0.25, -0.2) is 0 Å². The molecule has 0 unspecified atom stereocenters. The number of nitrogens with one attached hydrogen (secondary N) is 1. The lowest BCUT2D eigenvalue weighted by Crippen LogP contribution is -2.23. The molecule has 4 nitrogen and oxygen atoms in total. The molecule has 17 heavy (non-hydrogen) atoms. The fraction of sp³-hybridized carbons (Fsp3) is 0.154. The van der Waals surface area contributed by atoms with E-state index in [1.54, 1.807) is 24.5 Å². The number of hydrogen-bond acceptors (Lipinski definition) is 3. The van der Waals surface area contributed by atoms with Crippen molar-refractivity contribution in [2.45, 2.75) is 13.5 Å². The van der Waals surface area contributed by atoms with Gasteiger partial charge in [0.2, 0.25) is 0 Å². The number of carbonyl (C=O) groups is 1. The normalized spacial score (nSPS) is 9.94. The highest BCUT2D eigenvalue weighted by molar-refractivity contribution is 5.93. The number of rotatable bonds is 3. The second-order valence-electron chi connectivity index (χ2n) is 3.70. The van der Waals surface area contributed by atoms with Crippen molar-refractivity contribution in [2.24, 2.45) is 0 Å². The molecule has 0 radical (unpaired) electrons. The maximum atomic E-state index is 11.7. The number of aryl methyl sites for hydroxylation is 1. The average Bonchev–Trinajstić information content (AvgIpc) is 2.37. The van der Waals surface area contributed by atoms with Gasteiger partial charge in [0, 0.05) is 11.8 Å². The summed E-state index contributed by atoms with van der Waals surface area (Å²) in [5.41, 5.74) is 2.25. The first-order valence-corrected chi connectivity index (χ1v) is 5.36. The first kappa shape index (κ1) is 11.3. The van der Waals surface area contributed by atoms with Gasteiger partial charge in [0.15, 0.2) is 0 Å². The van der Waals surface area contributed by atoms with Crippen LogP contribution < -0.4 is 5.32 Å². The molecule has 1 heterocycles. The van der Waals surface area contributed by atoms with Gasteiger partial charge in [-0.1, -0.05) is 18.2 Å². The van der Waals surface area contributed by atoms with E-state index < -0.39 is 0 Å². The van der Waals surface area contributed by atoms with Crippen LogP contribution in [-0.4, -0.2) is 15.9 Å². The number of nitrogens with zero attached hydrogens (tertiary/aromatic N) is 2. The highest BCUT2D eigenvalue weighted by Crippen LogP contribution is 1.99. The van der Waals surface area contributed by atoms with Gasteiger partial charge in [0.05, 0.1) is 24.1 Å². The van der Waals surface area contributed by atoms with E-state index in [1.807, 2.05) is 25.1 Å². The largest absolute Gasteiger partial charge is 0.346 e. The molecule has 0 bridgehead atoms. The van der Waals surface area contributed by atoms with E-state index in [2.05, 4.69) is 15.3 Å². The molecule has 0 aliphatic heterocycles. The third-order valence-electron chi connectivity index (χ3n) is 2.27. The Labute approximate surface area is 99.7 Å². The van der Waals surface area contributed by atoms with Gasteiger partial charge in [-0.2, -0.15) is 0 Å². The lowest BCUT2D eigenvalue weighted by molar-refractivity contribution is 0.0950. The monoisotopic (exact) mass is 227 g/mol. The summed E-state index contributed by atoms with van der Waals surface area (Å²) in [6, 6.07) is 9.10. The topological polar surface area (TPSA) is 54.9 Å². The molecular formula is C13H13N3O. The van der Waals surface area contributed by atoms with E-state index in [0.717, 1.165) is 11.4 Å². The Morgan fingerprint density at radius 3 is 2.71 bits per heavy atom. The van der Waals surface area contributed by atoms with Crippen molar-refractivity contribution >= 4 is 5.91 Å². The quantitative estimate of drug-likeness (QED) is 0.868. The van der Waals surface area contributed by atoms with Crippen molar-refractivity contribution in [1.29, 1.82) is 0 Å². The summed E-state index contributed by atoms with van der Waals surface area (Å²) in [6.45, 7) is 2.26. The van der Waals surface area contributed by atoms with E-state index in [4.69, 9.17) is 0 Å². The van der Waals surface area contributed by atoms with E-state index in [0.29, 0.717) is 12.1 Å². The van der Waals surface area contributed by atoms with Crippen molar-refractivity contribution in [3.8, 4) is 0 Å². The molecule has 0 aliphatic carbocycles. The van der Waals surface area contributed by atoms with Crippen molar-refractivity contribution < 1.29 is 4.79 Å². The predicted molar refractivity (Wildman–Crippen MR) is 64.4 cm³/mol. The molecule has 1 amide bonds. The standard InChI is InChI=1S/C13H13N3O/c1-10-7-14-8-12(16-10)9-15-13(17)11-5-3-2-4-6-11/h2-8H,9H2,1H3,(H,15,17). The second-order valence-corrected chi connectivity index (χ2v) is 3.70. The van der Waals surface area contributed by atoms with E-state index in [1.165, 1.54) is 0 Å². The van der Waals surface area contributed by atoms with Crippen LogP contribution in [0.3, 0.4) is 0 Å². The zero-order chi connectivity index (χ0) is 12.1. The third-order valence-corrected chi connectivity index (χ3v) is 2.27. The molecule has 0 atom stereocenters. The molecule has 4 heteroatoms. The fourth-order valence-corrected chi connectivity index (χ4v) is 1.46. The highest BCUT2D eigenvalue weighted by Gasteiger charge is 2.04. The van der Waals surface area contributed by atoms with Crippen LogP contribution in [0.15, 0.2) is 42.7 Å². The van der Waals surface area contributed by atoms with E-state index in [9.17, 15) is 4.79 Å². The molecule has 0 fully saturated rings. The van der Waals surface area contributed by atoms with Crippen LogP contribution in [-0.2, 0) is 6.54 Å². The number of benzene rings is 1. The average molecular weight is 227 g/mol. The second kappa shape index (κ2) is 5.21. The minimum atomic E-state index is -0.103. The summed E-state index contributed by atoms with van der Waals surface area (Å²) < 4.78 is 0. The number of amides is 1. The summed E-state index contributed by atoms with van der Waals surface area (Å²) in [5.74, 6) is -0.103. The van der Waals surface area contributed by atoms with Crippen LogP contribution in [0.5, 0.6) is 0 Å². The van der Waals surface area contributed by atoms with Crippen LogP contribution in [0, 0.1) is 6.92 Å². The highest BCUT2D eigenvalue weighted by atomic mass is 16.1. The van der Waals surface area contributed by atoms with Crippen molar-refractivity contribution in [1.82, 2.24) is 15.3 Å². The molecule has 86 valence electrons. The van der Waals surface area contributed by atoms with Gasteiger partial charge in [0.1, 0.15) is 0 Å². The van der Waals surface area contributed by atoms with Gasteiger partial charge in [-0.15, -0.1) is 0 Å². The molecule has 2 aromatic rings. The molecule has 0 spiro atoms. The molecule has 1 aromatic heterocycles. The Morgan fingerprint density at radius 1 is 1.24 bits per heavy atom. The molecule has 0 saturated carbocycles. The maximum Gasteiger partial charge on any atom is 0.251 e. The number of hydrogen-bond donors (Lipinski definition) is 1. The fourth-order valence-electron chi connectivity index (χ4n) is 1.46. The van der Waals surface area contributed by atoms with E-state index in [-0.39, 0.29) is 5.91 Å². The van der Waals surface area contributed by atoms with Crippen molar-refractivity contribution in [3.05, 3.63) is 59.7 Å². The minimum absolute atomic E-state index is 0.103. The third kappa shape index (κ3) is 3.11. The zero-order valence-corrected chi connectivity index (χ0v) is 9.55. The molecule has 1 aromatic carbocycles. The van der Waals surface area contributed by atoms with Gasteiger partial charge < -0.3 is 5.32 Å². The van der Waals surface area contributed by atoms with Crippen molar-refractivity contribution in [3.63, 3.8) is 0 Å². The summed E-state index contributed by atoms with van der Waals surface area (Å²) in [4.78, 5) is 20.0. The van der Waals surface area contributed by atoms with Gasteiger partial charge in [-0.3, -0.25) is 14.8 Å². The van der Waals surface area contributed by atoms with Crippen LogP contribution >= 0.6 is 0 Å². The zero-order valence-electron chi connectivity index (χ0n) is 9.55. The SMILES string of the molecule is Cc1cncc(CNC(=O)c2ccccc2)n1. The first-order valence-electron chi connectivity index (χ1n) is 5.36. The van der Waals surface area contributed by atoms with Crippen LogP contribution in [0.25, 0.3) is 0 Å². The summed E-state index contributed by atoms with van der Waals surface area (Å²) in [6.07, 6.45) is 3.33. The van der Waals surface area contributed by atoms with Gasteiger partial charge in [0.25, 0.3) is 5.91 Å². The number of carbonyl (C=O) groups excluding carboxylic acids is 1. The Hall–Kier alpha value is -2.23. The molecule has 2 rings (SSSR count). The lowest BCUT2D eigenvalue weighted by atomic mass is 10.2. The molecule has 0 aliphatic rings. The Kier molecular flexibility index (Phi) is 3.45. The minimum Gasteiger partial charge on any atom is -0.346 e. The Morgan fingerprint density at radius 2 is 2.00 bits per heavy atom. The van der Waals surface area contributed by atoms with Gasteiger partial charge in [-0.05, 0) is 19.1 Å². The van der Waals surface area contributed by atoms with Crippen LogP contribution in [0.1, 0.15) is 21.7 Å². The van der Waals surface area contributed by atoms with Crippen molar-refractivity contribution in [2.75, 3.05) is 0 Å². The summed E-state index contributed by atoms with van der Waals surface area (Å²) in [5, 5.41) is 2.80. The Balaban J connectivity index is 1.97. The van der Waals surface area contributed by atoms with Crippen LogP contribution in [0.2, 0.25) is 0 Å². The van der Waals surface area contributed by atoms with E-state index >= 15 is 0 Å². The van der Waals surface area contributed by atoms with Gasteiger partial charge >= 0.3 is 0 Å².